The Bertz CT molecular complexity index is 1220. The number of Topliss-reactive ketones (excluding diaryl/α,β-unsaturated/α-hetero) is 1. The van der Waals surface area contributed by atoms with Crippen molar-refractivity contribution in [3.63, 3.8) is 0 Å². The van der Waals surface area contributed by atoms with Gasteiger partial charge >= 0.3 is 0 Å². The number of aliphatic hydroxyl groups is 2. The Morgan fingerprint density at radius 2 is 1.88 bits per heavy atom. The minimum absolute atomic E-state index is 0.0208. The third-order valence-electron chi connectivity index (χ3n) is 6.88. The van der Waals surface area contributed by atoms with Crippen LogP contribution >= 0.6 is 0 Å². The fourth-order valence-corrected chi connectivity index (χ4v) is 5.51. The average molecular weight is 454 g/mol. The van der Waals surface area contributed by atoms with Crippen molar-refractivity contribution in [2.24, 2.45) is 0 Å². The number of ketones is 1. The molecule has 0 saturated carbocycles. The number of aromatic nitrogens is 5. The highest BCUT2D eigenvalue weighted by Crippen LogP contribution is 2.44. The van der Waals surface area contributed by atoms with E-state index < -0.39 is 6.61 Å². The first-order valence-electron chi connectivity index (χ1n) is 11.2. The van der Waals surface area contributed by atoms with Crippen molar-refractivity contribution >= 4 is 23.2 Å². The average Bonchev–Trinajstić information content (AvgIpc) is 3.49. The lowest BCUT2D eigenvalue weighted by molar-refractivity contribution is -0.138. The monoisotopic (exact) mass is 453 g/mol. The van der Waals surface area contributed by atoms with Crippen LogP contribution in [-0.2, 0) is 11.3 Å². The molecule has 1 unspecified atom stereocenters. The number of fused-ring (bicyclic) bond motifs is 3. The molecule has 11 nitrogen and oxygen atoms in total. The third-order valence-corrected chi connectivity index (χ3v) is 6.88. The molecule has 4 N–H and O–H groups in total. The molecule has 33 heavy (non-hydrogen) atoms. The Labute approximate surface area is 189 Å². The van der Waals surface area contributed by atoms with E-state index in [4.69, 9.17) is 10.7 Å². The summed E-state index contributed by atoms with van der Waals surface area (Å²) in [7, 11) is 0. The van der Waals surface area contributed by atoms with Crippen molar-refractivity contribution in [2.45, 2.75) is 57.2 Å². The van der Waals surface area contributed by atoms with Crippen molar-refractivity contribution in [1.29, 1.82) is 0 Å². The summed E-state index contributed by atoms with van der Waals surface area (Å²) in [6.07, 6.45) is 8.24. The van der Waals surface area contributed by atoms with Gasteiger partial charge in [0.15, 0.2) is 11.4 Å². The number of carbonyl (C=O) groups is 2. The molecule has 2 bridgehead atoms. The lowest BCUT2D eigenvalue weighted by atomic mass is 9.85. The molecule has 2 saturated heterocycles. The molecule has 3 aromatic heterocycles. The van der Waals surface area contributed by atoms with Crippen LogP contribution in [0.15, 0.2) is 18.6 Å². The third kappa shape index (κ3) is 3.47. The van der Waals surface area contributed by atoms with E-state index in [1.807, 2.05) is 11.1 Å². The maximum absolute atomic E-state index is 12.6. The summed E-state index contributed by atoms with van der Waals surface area (Å²) >= 11 is 0. The predicted molar refractivity (Wildman–Crippen MR) is 118 cm³/mol. The van der Waals surface area contributed by atoms with Crippen LogP contribution in [0.1, 0.15) is 54.6 Å². The minimum Gasteiger partial charge on any atom is -0.394 e. The number of nitrogens with zero attached hydrogens (tertiary/aromatic N) is 6. The first kappa shape index (κ1) is 21.5. The van der Waals surface area contributed by atoms with E-state index in [2.05, 4.69) is 10.2 Å². The van der Waals surface area contributed by atoms with Gasteiger partial charge < -0.3 is 20.8 Å². The fraction of sp³-hybridized carbons (Fsp3) is 0.500. The largest absolute Gasteiger partial charge is 0.394 e. The van der Waals surface area contributed by atoms with Gasteiger partial charge in [0, 0.05) is 35.3 Å². The van der Waals surface area contributed by atoms with Crippen LogP contribution in [0.3, 0.4) is 0 Å². The van der Waals surface area contributed by atoms with Crippen LogP contribution in [-0.4, -0.2) is 76.5 Å². The Balaban J connectivity index is 1.59. The smallest absolute Gasteiger partial charge is 0.248 e. The second-order valence-electron chi connectivity index (χ2n) is 8.84. The molecule has 0 spiro atoms. The number of aliphatic hydroxyl groups excluding tert-OH is 2. The zero-order chi connectivity index (χ0) is 23.3. The van der Waals surface area contributed by atoms with Gasteiger partial charge in [-0.2, -0.15) is 14.7 Å². The molecule has 5 rings (SSSR count). The van der Waals surface area contributed by atoms with E-state index >= 15 is 0 Å². The fourth-order valence-electron chi connectivity index (χ4n) is 5.51. The zero-order valence-corrected chi connectivity index (χ0v) is 18.4. The number of piperidine rings is 1. The van der Waals surface area contributed by atoms with Gasteiger partial charge in [-0.15, -0.1) is 0 Å². The predicted octanol–water partition coefficient (Wildman–Crippen LogP) is 0.599. The van der Waals surface area contributed by atoms with Crippen molar-refractivity contribution in [3.8, 4) is 11.1 Å². The van der Waals surface area contributed by atoms with Gasteiger partial charge in [-0.3, -0.25) is 14.3 Å². The second-order valence-corrected chi connectivity index (χ2v) is 8.84. The standard InChI is InChI=1S/C22H27N7O4/c1-12(32)19-20(13-6-15-2-3-16(7-13)28(15)18(33)11-31)26-22-17(9-25-29(22)21(19)23)14-8-24-27(10-14)4-5-30/h8-10,13,15-16,30-31H,2-7,11,23H2,1H3/t13?,15-,16+. The van der Waals surface area contributed by atoms with Crippen LogP contribution in [0.5, 0.6) is 0 Å². The van der Waals surface area contributed by atoms with Crippen LogP contribution in [0, 0.1) is 0 Å². The molecule has 2 aliphatic rings. The van der Waals surface area contributed by atoms with Crippen molar-refractivity contribution < 1.29 is 19.8 Å². The zero-order valence-electron chi connectivity index (χ0n) is 18.4. The Morgan fingerprint density at radius 1 is 1.15 bits per heavy atom. The number of rotatable bonds is 6. The number of nitrogen functional groups attached to an aromatic ring is 1. The maximum atomic E-state index is 12.6. The molecule has 0 aromatic carbocycles. The van der Waals surface area contributed by atoms with E-state index in [1.54, 1.807) is 17.1 Å². The lowest BCUT2D eigenvalue weighted by Crippen LogP contribution is -2.47. The minimum atomic E-state index is -0.489. The Morgan fingerprint density at radius 3 is 2.52 bits per heavy atom. The molecule has 2 fully saturated rings. The molecule has 3 aromatic rings. The van der Waals surface area contributed by atoms with E-state index in [1.165, 1.54) is 11.4 Å². The van der Waals surface area contributed by atoms with Gasteiger partial charge in [0.2, 0.25) is 5.91 Å². The molecule has 11 heteroatoms. The van der Waals surface area contributed by atoms with E-state index in [0.29, 0.717) is 36.3 Å². The van der Waals surface area contributed by atoms with Gasteiger partial charge in [0.25, 0.3) is 0 Å². The van der Waals surface area contributed by atoms with Gasteiger partial charge in [0.05, 0.1) is 36.8 Å². The van der Waals surface area contributed by atoms with Crippen LogP contribution in [0.2, 0.25) is 0 Å². The van der Waals surface area contributed by atoms with Gasteiger partial charge in [-0.05, 0) is 32.6 Å². The van der Waals surface area contributed by atoms with Crippen molar-refractivity contribution in [2.75, 3.05) is 18.9 Å². The van der Waals surface area contributed by atoms with E-state index in [9.17, 15) is 19.8 Å². The number of hydrogen-bond donors (Lipinski definition) is 3. The number of amides is 1. The summed E-state index contributed by atoms with van der Waals surface area (Å²) in [5.74, 6) is -0.200. The van der Waals surface area contributed by atoms with Gasteiger partial charge in [0.1, 0.15) is 12.4 Å². The topological polar surface area (TPSA) is 152 Å². The van der Waals surface area contributed by atoms with E-state index in [-0.39, 0.29) is 42.1 Å². The van der Waals surface area contributed by atoms with E-state index in [0.717, 1.165) is 24.0 Å². The molecule has 5 heterocycles. The molecule has 0 radical (unpaired) electrons. The first-order chi connectivity index (χ1) is 15.9. The SMILES string of the molecule is CC(=O)c1c(C2C[C@H]3CC[C@@H](C2)N3C(=O)CO)nc2c(-c3cnn(CCO)c3)cnn2c1N. The molecule has 174 valence electrons. The summed E-state index contributed by atoms with van der Waals surface area (Å²) in [5.41, 5.74) is 9.52. The first-order valence-corrected chi connectivity index (χ1v) is 11.2. The second kappa shape index (κ2) is 8.23. The Hall–Kier alpha value is -3.31. The van der Waals surface area contributed by atoms with Gasteiger partial charge in [-0.1, -0.05) is 0 Å². The highest BCUT2D eigenvalue weighted by molar-refractivity contribution is 6.00. The normalized spacial score (nSPS) is 22.3. The molecular formula is C22H27N7O4. The summed E-state index contributed by atoms with van der Waals surface area (Å²) in [5, 5.41) is 27.2. The highest BCUT2D eigenvalue weighted by atomic mass is 16.3. The molecular weight excluding hydrogens is 426 g/mol. The summed E-state index contributed by atoms with van der Waals surface area (Å²) in [6, 6.07) is 0.0436. The van der Waals surface area contributed by atoms with Gasteiger partial charge in [-0.25, -0.2) is 4.98 Å². The van der Waals surface area contributed by atoms with Crippen LogP contribution in [0.25, 0.3) is 16.8 Å². The maximum Gasteiger partial charge on any atom is 0.248 e. The summed E-state index contributed by atoms with van der Waals surface area (Å²) in [6.45, 7) is 1.34. The number of nitrogens with two attached hydrogens (primary N) is 1. The quantitative estimate of drug-likeness (QED) is 0.459. The molecule has 2 aliphatic heterocycles. The highest BCUT2D eigenvalue weighted by Gasteiger charge is 2.44. The number of carbonyl (C=O) groups excluding carboxylic acids is 2. The molecule has 1 amide bonds. The molecule has 0 aliphatic carbocycles. The van der Waals surface area contributed by atoms with Crippen LogP contribution in [0.4, 0.5) is 5.82 Å². The van der Waals surface area contributed by atoms with Crippen molar-refractivity contribution in [1.82, 2.24) is 29.3 Å². The number of hydrogen-bond acceptors (Lipinski definition) is 8. The lowest BCUT2D eigenvalue weighted by Gasteiger charge is -2.39. The van der Waals surface area contributed by atoms with Crippen molar-refractivity contribution in [3.05, 3.63) is 29.8 Å². The summed E-state index contributed by atoms with van der Waals surface area (Å²) in [4.78, 5) is 31.6. The molecule has 3 atom stereocenters. The number of anilines is 1. The van der Waals surface area contributed by atoms with Crippen LogP contribution < -0.4 is 5.73 Å². The Kier molecular flexibility index (Phi) is 5.37. The summed E-state index contributed by atoms with van der Waals surface area (Å²) < 4.78 is 3.12.